The highest BCUT2D eigenvalue weighted by atomic mass is 16.6. The smallest absolute Gasteiger partial charge is 0.112 e. The first-order valence-corrected chi connectivity index (χ1v) is 5.18. The highest BCUT2D eigenvalue weighted by Crippen LogP contribution is 2.41. The molecule has 0 amide bonds. The molecule has 1 unspecified atom stereocenters. The van der Waals surface area contributed by atoms with Crippen molar-refractivity contribution >= 4 is 7.85 Å². The fourth-order valence-electron chi connectivity index (χ4n) is 2.43. The molecule has 0 aliphatic carbocycles. The van der Waals surface area contributed by atoms with Crippen molar-refractivity contribution in [3.05, 3.63) is 0 Å². The maximum Gasteiger partial charge on any atom is 0.112 e. The number of aliphatic hydroxyl groups excluding tert-OH is 1. The lowest BCUT2D eigenvalue weighted by Gasteiger charge is -2.32. The molecule has 80 valence electrons. The van der Waals surface area contributed by atoms with Crippen LogP contribution in [0.15, 0.2) is 0 Å². The van der Waals surface area contributed by atoms with E-state index in [4.69, 9.17) is 22.4 Å². The summed E-state index contributed by atoms with van der Waals surface area (Å²) < 4.78 is 11.1. The number of ether oxygens (including phenoxy) is 2. The van der Waals surface area contributed by atoms with E-state index in [1.54, 1.807) is 7.11 Å². The van der Waals surface area contributed by atoms with Crippen LogP contribution >= 0.6 is 0 Å². The molecule has 0 saturated carbocycles. The predicted molar refractivity (Wildman–Crippen MR) is 55.3 cm³/mol. The molecule has 1 aliphatic rings. The van der Waals surface area contributed by atoms with Gasteiger partial charge in [0.15, 0.2) is 0 Å². The van der Waals surface area contributed by atoms with Crippen molar-refractivity contribution in [2.24, 2.45) is 5.92 Å². The Morgan fingerprint density at radius 3 is 2.57 bits per heavy atom. The number of aliphatic hydroxyl groups is 1. The van der Waals surface area contributed by atoms with E-state index >= 15 is 0 Å². The Kier molecular flexibility index (Phi) is 3.99. The van der Waals surface area contributed by atoms with Crippen LogP contribution in [0, 0.1) is 5.92 Å². The van der Waals surface area contributed by atoms with Crippen molar-refractivity contribution in [2.45, 2.75) is 44.4 Å². The van der Waals surface area contributed by atoms with Crippen LogP contribution in [0.25, 0.3) is 0 Å². The summed E-state index contributed by atoms with van der Waals surface area (Å²) in [6, 6.07) is -0.374. The molecule has 3 nitrogen and oxygen atoms in total. The van der Waals surface area contributed by atoms with Gasteiger partial charge in [-0.05, 0) is 12.8 Å². The van der Waals surface area contributed by atoms with E-state index in [0.717, 1.165) is 6.42 Å². The van der Waals surface area contributed by atoms with E-state index in [1.807, 2.05) is 0 Å². The fourth-order valence-corrected chi connectivity index (χ4v) is 2.43. The molecule has 1 aliphatic heterocycles. The van der Waals surface area contributed by atoms with Crippen molar-refractivity contribution in [3.63, 3.8) is 0 Å². The zero-order valence-corrected chi connectivity index (χ0v) is 9.19. The summed E-state index contributed by atoms with van der Waals surface area (Å²) in [5.41, 5.74) is -0.311. The lowest BCUT2D eigenvalue weighted by atomic mass is 9.80. The first-order chi connectivity index (χ1) is 6.61. The highest BCUT2D eigenvalue weighted by Gasteiger charge is 2.49. The van der Waals surface area contributed by atoms with Gasteiger partial charge in [0.25, 0.3) is 0 Å². The molecule has 0 aromatic carbocycles. The summed E-state index contributed by atoms with van der Waals surface area (Å²) in [6.45, 7) is 4.25. The van der Waals surface area contributed by atoms with Crippen molar-refractivity contribution < 1.29 is 14.6 Å². The van der Waals surface area contributed by atoms with Crippen LogP contribution in [-0.4, -0.2) is 44.4 Å². The van der Waals surface area contributed by atoms with Crippen LogP contribution in [-0.2, 0) is 9.47 Å². The van der Waals surface area contributed by atoms with E-state index in [2.05, 4.69) is 13.8 Å². The van der Waals surface area contributed by atoms with Gasteiger partial charge < -0.3 is 14.6 Å². The summed E-state index contributed by atoms with van der Waals surface area (Å²) in [6.07, 6.45) is 1.40. The van der Waals surface area contributed by atoms with Crippen molar-refractivity contribution in [1.29, 1.82) is 0 Å². The lowest BCUT2D eigenvalue weighted by molar-refractivity contribution is -0.0501. The number of methoxy groups -OCH3 is 1. The molecular weight excluding hydrogens is 179 g/mol. The summed E-state index contributed by atoms with van der Waals surface area (Å²) in [7, 11) is 7.48. The molecule has 1 rings (SSSR count). The summed E-state index contributed by atoms with van der Waals surface area (Å²) in [5.74, 6) is 0.222. The van der Waals surface area contributed by atoms with Crippen LogP contribution in [0.4, 0.5) is 0 Å². The first-order valence-electron chi connectivity index (χ1n) is 5.18. The molecular formula is C10H19BO3. The van der Waals surface area contributed by atoms with Gasteiger partial charge in [-0.15, -0.1) is 0 Å². The molecule has 14 heavy (non-hydrogen) atoms. The minimum absolute atomic E-state index is 0.0681. The minimum Gasteiger partial charge on any atom is -0.396 e. The Balaban J connectivity index is 2.79. The Labute approximate surface area is 87.2 Å². The second-order valence-corrected chi connectivity index (χ2v) is 3.96. The van der Waals surface area contributed by atoms with Crippen molar-refractivity contribution in [1.82, 2.24) is 0 Å². The maximum absolute atomic E-state index is 9.02. The largest absolute Gasteiger partial charge is 0.396 e. The van der Waals surface area contributed by atoms with Crippen LogP contribution in [0.3, 0.4) is 0 Å². The van der Waals surface area contributed by atoms with Crippen LogP contribution in [0.1, 0.15) is 26.7 Å². The fraction of sp³-hybridized carbons (Fsp3) is 1.00. The zero-order chi connectivity index (χ0) is 10.8. The summed E-state index contributed by atoms with van der Waals surface area (Å²) in [4.78, 5) is 0. The zero-order valence-electron chi connectivity index (χ0n) is 9.19. The third-order valence-corrected chi connectivity index (χ3v) is 3.42. The summed E-state index contributed by atoms with van der Waals surface area (Å²) in [5, 5.41) is 9.02. The average molecular weight is 198 g/mol. The molecule has 0 spiro atoms. The third-order valence-electron chi connectivity index (χ3n) is 3.42. The first kappa shape index (κ1) is 12.0. The van der Waals surface area contributed by atoms with Gasteiger partial charge in [-0.25, -0.2) is 0 Å². The van der Waals surface area contributed by atoms with E-state index < -0.39 is 0 Å². The molecule has 4 atom stereocenters. The topological polar surface area (TPSA) is 38.7 Å². The Morgan fingerprint density at radius 2 is 2.21 bits per heavy atom. The van der Waals surface area contributed by atoms with E-state index in [1.165, 1.54) is 0 Å². The molecule has 2 radical (unpaired) electrons. The quantitative estimate of drug-likeness (QED) is 0.675. The average Bonchev–Trinajstić information content (AvgIpc) is 2.40. The van der Waals surface area contributed by atoms with Gasteiger partial charge in [0.2, 0.25) is 0 Å². The Morgan fingerprint density at radius 1 is 1.57 bits per heavy atom. The van der Waals surface area contributed by atoms with Gasteiger partial charge in [-0.3, -0.25) is 0 Å². The predicted octanol–water partition coefficient (Wildman–Crippen LogP) is 0.693. The Bertz CT molecular complexity index is 188. The van der Waals surface area contributed by atoms with Gasteiger partial charge in [0.1, 0.15) is 7.85 Å². The minimum atomic E-state index is -0.374. The highest BCUT2D eigenvalue weighted by molar-refractivity contribution is 6.11. The van der Waals surface area contributed by atoms with Gasteiger partial charge in [0, 0.05) is 25.6 Å². The van der Waals surface area contributed by atoms with Gasteiger partial charge >= 0.3 is 0 Å². The molecule has 0 aromatic heterocycles. The molecule has 1 N–H and O–H groups in total. The van der Waals surface area contributed by atoms with Gasteiger partial charge in [-0.1, -0.05) is 13.8 Å². The third kappa shape index (κ3) is 1.83. The second-order valence-electron chi connectivity index (χ2n) is 3.96. The van der Waals surface area contributed by atoms with Crippen molar-refractivity contribution in [3.8, 4) is 0 Å². The molecule has 1 fully saturated rings. The van der Waals surface area contributed by atoms with E-state index in [-0.39, 0.29) is 30.2 Å². The molecule has 1 heterocycles. The molecule has 1 saturated heterocycles. The van der Waals surface area contributed by atoms with Crippen LogP contribution in [0.2, 0.25) is 0 Å². The molecule has 4 heteroatoms. The van der Waals surface area contributed by atoms with Gasteiger partial charge in [-0.2, -0.15) is 0 Å². The van der Waals surface area contributed by atoms with E-state index in [0.29, 0.717) is 6.42 Å². The number of hydrogen-bond donors (Lipinski definition) is 1. The molecule has 0 aromatic rings. The number of rotatable bonds is 4. The monoisotopic (exact) mass is 198 g/mol. The maximum atomic E-state index is 9.02. The second kappa shape index (κ2) is 4.64. The van der Waals surface area contributed by atoms with E-state index in [9.17, 15) is 0 Å². The lowest BCUT2D eigenvalue weighted by Crippen LogP contribution is -2.37. The standard InChI is InChI=1S/C10H19BO3/c1-4-10(5-6-12)7(2)8(13-3)9(11)14-10/h7-9,12H,4-6H2,1-3H3/t7-,8?,9-,10+/m1/s1. The SMILES string of the molecule is [B][C@@H]1O[C@@](CC)(CCO)[C@H](C)C1OC. The summed E-state index contributed by atoms with van der Waals surface area (Å²) >= 11 is 0. The normalized spacial score (nSPS) is 43.0. The number of hydrogen-bond acceptors (Lipinski definition) is 3. The molecule has 0 bridgehead atoms. The van der Waals surface area contributed by atoms with Crippen molar-refractivity contribution in [2.75, 3.05) is 13.7 Å². The van der Waals surface area contributed by atoms with Gasteiger partial charge in [0.05, 0.1) is 11.7 Å². The van der Waals surface area contributed by atoms with Crippen LogP contribution < -0.4 is 0 Å². The Hall–Kier alpha value is -0.0551. The van der Waals surface area contributed by atoms with Crippen LogP contribution in [0.5, 0.6) is 0 Å².